The molecule has 0 atom stereocenters. The minimum atomic E-state index is 1.02. The number of nitrogens with zero attached hydrogens (tertiary/aromatic N) is 1. The molecule has 0 N–H and O–H groups in total. The Morgan fingerprint density at radius 3 is 1.89 bits per heavy atom. The summed E-state index contributed by atoms with van der Waals surface area (Å²) in [6.07, 6.45) is 0. The van der Waals surface area contributed by atoms with Gasteiger partial charge in [-0.1, -0.05) is 133 Å². The third-order valence-electron chi connectivity index (χ3n) is 9.64. The Bertz CT molecular complexity index is 2830. The molecule has 2 heterocycles. The molecule has 218 valence electrons. The molecular formula is C45H27NS. The molecule has 0 spiro atoms. The van der Waals surface area contributed by atoms with Gasteiger partial charge in [-0.3, -0.25) is 0 Å². The molecule has 10 rings (SSSR count). The lowest BCUT2D eigenvalue weighted by atomic mass is 9.92. The molecule has 0 amide bonds. The highest BCUT2D eigenvalue weighted by atomic mass is 32.1. The van der Waals surface area contributed by atoms with Crippen LogP contribution in [0.3, 0.4) is 0 Å². The summed E-state index contributed by atoms with van der Waals surface area (Å²) < 4.78 is 2.62. The van der Waals surface area contributed by atoms with Crippen molar-refractivity contribution in [3.63, 3.8) is 0 Å². The molecule has 0 aliphatic heterocycles. The van der Waals surface area contributed by atoms with Crippen molar-refractivity contribution in [2.75, 3.05) is 0 Å². The van der Waals surface area contributed by atoms with Crippen molar-refractivity contribution in [2.45, 2.75) is 0 Å². The van der Waals surface area contributed by atoms with Gasteiger partial charge in [-0.2, -0.15) is 0 Å². The minimum absolute atomic E-state index is 1.02. The summed E-state index contributed by atoms with van der Waals surface area (Å²) in [5, 5.41) is 11.4. The van der Waals surface area contributed by atoms with Crippen molar-refractivity contribution in [1.29, 1.82) is 0 Å². The largest absolute Gasteiger partial charge is 0.247 e. The SMILES string of the molecule is c1ccc(-c2nc3ccc(-c4ccc(-c5cc6ccccc6c6ccccc56)cc4)cc3c3c2ccc2sc4ccccc4c23)cc1. The van der Waals surface area contributed by atoms with E-state index in [0.29, 0.717) is 0 Å². The number of pyridine rings is 1. The summed E-state index contributed by atoms with van der Waals surface area (Å²) in [6, 6.07) is 59.6. The average molecular weight is 614 g/mol. The second-order valence-electron chi connectivity index (χ2n) is 12.3. The van der Waals surface area contributed by atoms with Gasteiger partial charge in [0, 0.05) is 41.9 Å². The molecular weight excluding hydrogens is 587 g/mol. The zero-order valence-corrected chi connectivity index (χ0v) is 26.3. The van der Waals surface area contributed by atoms with Gasteiger partial charge in [0.1, 0.15) is 0 Å². The van der Waals surface area contributed by atoms with E-state index in [0.717, 1.165) is 16.8 Å². The number of rotatable bonds is 3. The maximum absolute atomic E-state index is 5.29. The first kappa shape index (κ1) is 26.4. The number of fused-ring (bicyclic) bond motifs is 10. The summed E-state index contributed by atoms with van der Waals surface area (Å²) in [6.45, 7) is 0. The lowest BCUT2D eigenvalue weighted by Crippen LogP contribution is -1.91. The normalized spacial score (nSPS) is 11.8. The molecule has 2 aromatic heterocycles. The zero-order chi connectivity index (χ0) is 30.9. The predicted octanol–water partition coefficient (Wildman–Crippen LogP) is 13.1. The third-order valence-corrected chi connectivity index (χ3v) is 10.8. The van der Waals surface area contributed by atoms with Crippen molar-refractivity contribution in [2.24, 2.45) is 0 Å². The molecule has 0 radical (unpaired) electrons. The van der Waals surface area contributed by atoms with Gasteiger partial charge in [0.2, 0.25) is 0 Å². The van der Waals surface area contributed by atoms with Gasteiger partial charge in [0.15, 0.2) is 0 Å². The van der Waals surface area contributed by atoms with Crippen molar-refractivity contribution in [1.82, 2.24) is 4.98 Å². The highest BCUT2D eigenvalue weighted by Gasteiger charge is 2.17. The van der Waals surface area contributed by atoms with Crippen molar-refractivity contribution in [3.8, 4) is 33.5 Å². The third kappa shape index (κ3) is 4.12. The second kappa shape index (κ2) is 10.3. The van der Waals surface area contributed by atoms with Gasteiger partial charge >= 0.3 is 0 Å². The second-order valence-corrected chi connectivity index (χ2v) is 13.4. The first-order valence-electron chi connectivity index (χ1n) is 16.0. The molecule has 0 aliphatic carbocycles. The van der Waals surface area contributed by atoms with Crippen LogP contribution in [0.25, 0.3) is 96.9 Å². The number of aromatic nitrogens is 1. The Morgan fingerprint density at radius 1 is 0.362 bits per heavy atom. The van der Waals surface area contributed by atoms with Crippen LogP contribution in [-0.4, -0.2) is 4.98 Å². The Balaban J connectivity index is 1.18. The first-order valence-corrected chi connectivity index (χ1v) is 16.9. The van der Waals surface area contributed by atoms with Crippen LogP contribution in [0.5, 0.6) is 0 Å². The lowest BCUT2D eigenvalue weighted by molar-refractivity contribution is 1.43. The molecule has 0 aliphatic rings. The molecule has 1 nitrogen and oxygen atoms in total. The molecule has 47 heavy (non-hydrogen) atoms. The first-order chi connectivity index (χ1) is 23.3. The van der Waals surface area contributed by atoms with Gasteiger partial charge in [0.25, 0.3) is 0 Å². The van der Waals surface area contributed by atoms with E-state index >= 15 is 0 Å². The zero-order valence-electron chi connectivity index (χ0n) is 25.4. The maximum atomic E-state index is 5.29. The summed E-state index contributed by atoms with van der Waals surface area (Å²) in [5.41, 5.74) is 8.07. The van der Waals surface area contributed by atoms with E-state index in [-0.39, 0.29) is 0 Å². The van der Waals surface area contributed by atoms with Gasteiger partial charge < -0.3 is 0 Å². The van der Waals surface area contributed by atoms with Crippen LogP contribution in [0, 0.1) is 0 Å². The Hall–Kier alpha value is -5.83. The number of thiophene rings is 1. The topological polar surface area (TPSA) is 12.9 Å². The Labute approximate surface area is 276 Å². The Kier molecular flexibility index (Phi) is 5.81. The van der Waals surface area contributed by atoms with Crippen molar-refractivity contribution >= 4 is 74.7 Å². The van der Waals surface area contributed by atoms with Gasteiger partial charge in [-0.15, -0.1) is 11.3 Å². The number of benzene rings is 8. The molecule has 0 unspecified atom stereocenters. The average Bonchev–Trinajstić information content (AvgIpc) is 3.53. The summed E-state index contributed by atoms with van der Waals surface area (Å²) in [5.74, 6) is 0. The molecule has 2 heteroatoms. The standard InChI is InChI=1S/C45H27NS/c1-2-10-30(11-3-1)45-37-23-25-42-44(36-16-8-9-17-41(36)47-42)43(37)39-26-31(22-24-40(39)46-45)28-18-20-29(21-19-28)38-27-32-12-4-5-13-33(32)34-14-6-7-15-35(34)38/h1-27H. The fraction of sp³-hybridized carbons (Fsp3) is 0. The van der Waals surface area contributed by atoms with E-state index in [4.69, 9.17) is 4.98 Å². The van der Waals surface area contributed by atoms with Crippen molar-refractivity contribution < 1.29 is 0 Å². The highest BCUT2D eigenvalue weighted by Crippen LogP contribution is 2.44. The molecule has 0 bridgehead atoms. The van der Waals surface area contributed by atoms with E-state index in [2.05, 4.69) is 164 Å². The fourth-order valence-corrected chi connectivity index (χ4v) is 8.55. The molecule has 0 saturated carbocycles. The Morgan fingerprint density at radius 2 is 1.04 bits per heavy atom. The van der Waals surface area contributed by atoms with E-state index in [9.17, 15) is 0 Å². The quantitative estimate of drug-likeness (QED) is 0.181. The monoisotopic (exact) mass is 613 g/mol. The van der Waals surface area contributed by atoms with Crippen LogP contribution in [-0.2, 0) is 0 Å². The molecule has 10 aromatic rings. The van der Waals surface area contributed by atoms with E-state index in [1.165, 1.54) is 80.1 Å². The van der Waals surface area contributed by atoms with Crippen LogP contribution >= 0.6 is 11.3 Å². The smallest absolute Gasteiger partial charge is 0.0788 e. The fourth-order valence-electron chi connectivity index (χ4n) is 7.44. The lowest BCUT2D eigenvalue weighted by Gasteiger charge is -2.14. The van der Waals surface area contributed by atoms with Crippen LogP contribution in [0.2, 0.25) is 0 Å². The molecule has 0 fully saturated rings. The molecule has 0 saturated heterocycles. The summed E-state index contributed by atoms with van der Waals surface area (Å²) >= 11 is 1.87. The number of hydrogen-bond donors (Lipinski definition) is 0. The molecule has 8 aromatic carbocycles. The van der Waals surface area contributed by atoms with Crippen molar-refractivity contribution in [3.05, 3.63) is 164 Å². The highest BCUT2D eigenvalue weighted by molar-refractivity contribution is 7.26. The minimum Gasteiger partial charge on any atom is -0.247 e. The van der Waals surface area contributed by atoms with Crippen LogP contribution in [0.4, 0.5) is 0 Å². The van der Waals surface area contributed by atoms with Crippen LogP contribution in [0.1, 0.15) is 0 Å². The van der Waals surface area contributed by atoms with Gasteiger partial charge in [0.05, 0.1) is 11.2 Å². The van der Waals surface area contributed by atoms with Gasteiger partial charge in [-0.25, -0.2) is 4.98 Å². The van der Waals surface area contributed by atoms with Crippen LogP contribution < -0.4 is 0 Å². The summed E-state index contributed by atoms with van der Waals surface area (Å²) in [4.78, 5) is 5.29. The van der Waals surface area contributed by atoms with Crippen LogP contribution in [0.15, 0.2) is 164 Å². The van der Waals surface area contributed by atoms with Gasteiger partial charge in [-0.05, 0) is 74.1 Å². The maximum Gasteiger partial charge on any atom is 0.0788 e. The van der Waals surface area contributed by atoms with E-state index in [1.807, 2.05) is 11.3 Å². The van der Waals surface area contributed by atoms with E-state index < -0.39 is 0 Å². The van der Waals surface area contributed by atoms with E-state index in [1.54, 1.807) is 0 Å². The number of hydrogen-bond acceptors (Lipinski definition) is 2. The summed E-state index contributed by atoms with van der Waals surface area (Å²) in [7, 11) is 0. The predicted molar refractivity (Wildman–Crippen MR) is 203 cm³/mol.